The van der Waals surface area contributed by atoms with E-state index in [1.165, 1.54) is 30.6 Å². The quantitative estimate of drug-likeness (QED) is 0.693. The lowest BCUT2D eigenvalue weighted by Crippen LogP contribution is -2.36. The van der Waals surface area contributed by atoms with E-state index in [4.69, 9.17) is 4.74 Å². The normalized spacial score (nSPS) is 17.0. The molecule has 82 valence electrons. The Hall–Kier alpha value is -0.770. The first-order chi connectivity index (χ1) is 6.70. The zero-order chi connectivity index (χ0) is 10.4. The fraction of sp³-hybridized carbons (Fsp3) is 0.900. The van der Waals surface area contributed by atoms with Gasteiger partial charge < -0.3 is 15.0 Å². The van der Waals surface area contributed by atoms with Gasteiger partial charge in [-0.1, -0.05) is 12.8 Å². The third-order valence-corrected chi connectivity index (χ3v) is 2.44. The first-order valence-corrected chi connectivity index (χ1v) is 5.27. The average molecular weight is 200 g/mol. The van der Waals surface area contributed by atoms with Gasteiger partial charge in [0.2, 0.25) is 0 Å². The molecule has 0 atom stereocenters. The predicted octanol–water partition coefficient (Wildman–Crippen LogP) is 1.22. The Balaban J connectivity index is 1.96. The molecule has 4 heteroatoms. The van der Waals surface area contributed by atoms with Gasteiger partial charge in [0, 0.05) is 20.6 Å². The molecular weight excluding hydrogens is 180 g/mol. The van der Waals surface area contributed by atoms with E-state index in [9.17, 15) is 4.79 Å². The van der Waals surface area contributed by atoms with Gasteiger partial charge in [-0.05, 0) is 12.8 Å². The second-order valence-corrected chi connectivity index (χ2v) is 3.90. The fourth-order valence-corrected chi connectivity index (χ4v) is 1.60. The highest BCUT2D eigenvalue weighted by atomic mass is 16.5. The lowest BCUT2D eigenvalue weighted by atomic mass is 10.3. The van der Waals surface area contributed by atoms with E-state index in [2.05, 4.69) is 5.32 Å². The van der Waals surface area contributed by atoms with Crippen LogP contribution in [0.1, 0.15) is 25.7 Å². The maximum Gasteiger partial charge on any atom is 0.316 e. The summed E-state index contributed by atoms with van der Waals surface area (Å²) in [6, 6.07) is -0.0555. The van der Waals surface area contributed by atoms with Crippen molar-refractivity contribution in [3.05, 3.63) is 0 Å². The number of carbonyl (C=O) groups is 1. The van der Waals surface area contributed by atoms with E-state index in [-0.39, 0.29) is 6.03 Å². The molecule has 0 aromatic rings. The van der Waals surface area contributed by atoms with E-state index in [1.54, 1.807) is 14.1 Å². The van der Waals surface area contributed by atoms with E-state index in [1.807, 2.05) is 0 Å². The maximum absolute atomic E-state index is 11.1. The molecule has 1 saturated carbocycles. The van der Waals surface area contributed by atoms with Crippen molar-refractivity contribution < 1.29 is 9.53 Å². The van der Waals surface area contributed by atoms with Gasteiger partial charge in [0.1, 0.15) is 0 Å². The molecule has 0 saturated heterocycles. The number of carbonyl (C=O) groups excluding carboxylic acids is 1. The number of urea groups is 1. The van der Waals surface area contributed by atoms with Crippen molar-refractivity contribution in [3.63, 3.8) is 0 Å². The Morgan fingerprint density at radius 1 is 1.43 bits per heavy atom. The van der Waals surface area contributed by atoms with Crippen LogP contribution in [-0.2, 0) is 4.74 Å². The van der Waals surface area contributed by atoms with Crippen molar-refractivity contribution >= 4 is 6.03 Å². The van der Waals surface area contributed by atoms with Gasteiger partial charge in [-0.25, -0.2) is 4.79 Å². The molecule has 1 rings (SSSR count). The van der Waals surface area contributed by atoms with E-state index < -0.39 is 0 Å². The molecule has 0 aromatic carbocycles. The summed E-state index contributed by atoms with van der Waals surface area (Å²) >= 11 is 0. The molecule has 0 aliphatic heterocycles. The molecule has 4 nitrogen and oxygen atoms in total. The van der Waals surface area contributed by atoms with Crippen molar-refractivity contribution in [3.8, 4) is 0 Å². The molecule has 0 spiro atoms. The molecule has 0 radical (unpaired) electrons. The van der Waals surface area contributed by atoms with Crippen molar-refractivity contribution in [2.24, 2.45) is 0 Å². The zero-order valence-electron chi connectivity index (χ0n) is 9.08. The summed E-state index contributed by atoms with van der Waals surface area (Å²) in [5.41, 5.74) is 0. The standard InChI is InChI=1S/C10H20N2O2/c1-12(2)10(13)11-7-8-14-9-5-3-4-6-9/h9H,3-8H2,1-2H3,(H,11,13). The van der Waals surface area contributed by atoms with E-state index >= 15 is 0 Å². The highest BCUT2D eigenvalue weighted by molar-refractivity contribution is 5.73. The number of rotatable bonds is 4. The van der Waals surface area contributed by atoms with Crippen LogP contribution < -0.4 is 5.32 Å². The lowest BCUT2D eigenvalue weighted by Gasteiger charge is -2.14. The summed E-state index contributed by atoms with van der Waals surface area (Å²) in [5, 5.41) is 2.77. The van der Waals surface area contributed by atoms with Crippen LogP contribution in [0.2, 0.25) is 0 Å². The molecule has 0 unspecified atom stereocenters. The van der Waals surface area contributed by atoms with Crippen LogP contribution in [0.15, 0.2) is 0 Å². The summed E-state index contributed by atoms with van der Waals surface area (Å²) in [5.74, 6) is 0. The summed E-state index contributed by atoms with van der Waals surface area (Å²) in [7, 11) is 3.46. The molecule has 14 heavy (non-hydrogen) atoms. The number of ether oxygens (including phenoxy) is 1. The van der Waals surface area contributed by atoms with Gasteiger partial charge in [0.15, 0.2) is 0 Å². The topological polar surface area (TPSA) is 41.6 Å². The van der Waals surface area contributed by atoms with Gasteiger partial charge in [0.25, 0.3) is 0 Å². The second-order valence-electron chi connectivity index (χ2n) is 3.90. The molecular formula is C10H20N2O2. The highest BCUT2D eigenvalue weighted by Crippen LogP contribution is 2.20. The monoisotopic (exact) mass is 200 g/mol. The van der Waals surface area contributed by atoms with Gasteiger partial charge in [-0.2, -0.15) is 0 Å². The molecule has 0 heterocycles. The Kier molecular flexibility index (Phi) is 4.73. The van der Waals surface area contributed by atoms with Crippen LogP contribution in [0.3, 0.4) is 0 Å². The number of amides is 2. The molecule has 0 aromatic heterocycles. The Morgan fingerprint density at radius 3 is 2.64 bits per heavy atom. The first kappa shape index (κ1) is 11.3. The van der Waals surface area contributed by atoms with Gasteiger partial charge in [-0.15, -0.1) is 0 Å². The van der Waals surface area contributed by atoms with Crippen molar-refractivity contribution in [2.45, 2.75) is 31.8 Å². The molecule has 1 aliphatic rings. The fourth-order valence-electron chi connectivity index (χ4n) is 1.60. The maximum atomic E-state index is 11.1. The lowest BCUT2D eigenvalue weighted by molar-refractivity contribution is 0.0609. The van der Waals surface area contributed by atoms with Crippen molar-refractivity contribution in [1.82, 2.24) is 10.2 Å². The van der Waals surface area contributed by atoms with Crippen molar-refractivity contribution in [2.75, 3.05) is 27.2 Å². The van der Waals surface area contributed by atoms with E-state index in [0.29, 0.717) is 19.3 Å². The minimum atomic E-state index is -0.0555. The van der Waals surface area contributed by atoms with Crippen LogP contribution in [0.5, 0.6) is 0 Å². The molecule has 1 aliphatic carbocycles. The molecule has 1 N–H and O–H groups in total. The number of hydrogen-bond donors (Lipinski definition) is 1. The summed E-state index contributed by atoms with van der Waals surface area (Å²) in [6.45, 7) is 1.23. The number of nitrogens with zero attached hydrogens (tertiary/aromatic N) is 1. The van der Waals surface area contributed by atoms with Gasteiger partial charge in [-0.3, -0.25) is 0 Å². The zero-order valence-corrected chi connectivity index (χ0v) is 9.08. The smallest absolute Gasteiger partial charge is 0.316 e. The Morgan fingerprint density at radius 2 is 2.07 bits per heavy atom. The molecule has 0 bridgehead atoms. The Labute approximate surface area is 85.6 Å². The average Bonchev–Trinajstić information content (AvgIpc) is 2.64. The molecule has 1 fully saturated rings. The third kappa shape index (κ3) is 3.96. The Bertz CT molecular complexity index is 177. The van der Waals surface area contributed by atoms with Crippen molar-refractivity contribution in [1.29, 1.82) is 0 Å². The third-order valence-electron chi connectivity index (χ3n) is 2.44. The molecule has 2 amide bonds. The van der Waals surface area contributed by atoms with Crippen LogP contribution >= 0.6 is 0 Å². The summed E-state index contributed by atoms with van der Waals surface area (Å²) < 4.78 is 5.60. The number of nitrogens with one attached hydrogen (secondary N) is 1. The van der Waals surface area contributed by atoms with Gasteiger partial charge >= 0.3 is 6.03 Å². The number of hydrogen-bond acceptors (Lipinski definition) is 2. The van der Waals surface area contributed by atoms with Crippen LogP contribution in [0.4, 0.5) is 4.79 Å². The summed E-state index contributed by atoms with van der Waals surface area (Å²) in [6.07, 6.45) is 5.37. The van der Waals surface area contributed by atoms with Gasteiger partial charge in [0.05, 0.1) is 12.7 Å². The largest absolute Gasteiger partial charge is 0.376 e. The first-order valence-electron chi connectivity index (χ1n) is 5.27. The van der Waals surface area contributed by atoms with Crippen LogP contribution in [0.25, 0.3) is 0 Å². The van der Waals surface area contributed by atoms with Crippen LogP contribution in [0, 0.1) is 0 Å². The SMILES string of the molecule is CN(C)C(=O)NCCOC1CCCC1. The summed E-state index contributed by atoms with van der Waals surface area (Å²) in [4.78, 5) is 12.6. The highest BCUT2D eigenvalue weighted by Gasteiger charge is 2.14. The predicted molar refractivity (Wildman–Crippen MR) is 55.3 cm³/mol. The minimum Gasteiger partial charge on any atom is -0.376 e. The minimum absolute atomic E-state index is 0.0555. The van der Waals surface area contributed by atoms with Crippen LogP contribution in [-0.4, -0.2) is 44.3 Å². The van der Waals surface area contributed by atoms with E-state index in [0.717, 1.165) is 0 Å². The second kappa shape index (κ2) is 5.86.